The number of hydrogen-bond donors (Lipinski definition) is 0. The van der Waals surface area contributed by atoms with E-state index in [0.717, 1.165) is 16.8 Å². The molecular weight excluding hydrogens is 338 g/mol. The van der Waals surface area contributed by atoms with Crippen molar-refractivity contribution in [2.24, 2.45) is 0 Å². The molecule has 0 aliphatic heterocycles. The molecule has 0 atom stereocenters. The van der Waals surface area contributed by atoms with Gasteiger partial charge in [0.2, 0.25) is 5.91 Å². The fourth-order valence-corrected chi connectivity index (χ4v) is 2.92. The molecule has 27 heavy (non-hydrogen) atoms. The Labute approximate surface area is 160 Å². The van der Waals surface area contributed by atoms with Gasteiger partial charge in [0, 0.05) is 32.8 Å². The summed E-state index contributed by atoms with van der Waals surface area (Å²) in [7, 11) is 1.66. The third-order valence-corrected chi connectivity index (χ3v) is 4.42. The first kappa shape index (κ1) is 18.9. The number of hydrogen-bond acceptors (Lipinski definition) is 3. The normalized spacial score (nSPS) is 10.7. The molecule has 1 amide bonds. The summed E-state index contributed by atoms with van der Waals surface area (Å²) in [4.78, 5) is 14.6. The molecule has 140 valence electrons. The minimum atomic E-state index is 0.128. The third kappa shape index (κ3) is 5.53. The zero-order valence-electron chi connectivity index (χ0n) is 15.6. The van der Waals surface area contributed by atoms with Crippen molar-refractivity contribution in [2.75, 3.05) is 20.3 Å². The topological polar surface area (TPSA) is 47.4 Å². The van der Waals surface area contributed by atoms with Gasteiger partial charge in [-0.3, -0.25) is 4.79 Å². The lowest BCUT2D eigenvalue weighted by atomic mass is 10.1. The molecule has 1 aromatic heterocycles. The summed E-state index contributed by atoms with van der Waals surface area (Å²) < 4.78 is 7.01. The average Bonchev–Trinajstić information content (AvgIpc) is 3.20. The maximum atomic E-state index is 12.7. The Bertz CT molecular complexity index is 831. The van der Waals surface area contributed by atoms with Crippen molar-refractivity contribution in [2.45, 2.75) is 19.4 Å². The summed E-state index contributed by atoms with van der Waals surface area (Å²) >= 11 is 0. The molecule has 2 aromatic carbocycles. The van der Waals surface area contributed by atoms with Crippen LogP contribution in [0.2, 0.25) is 0 Å². The molecule has 0 N–H and O–H groups in total. The Balaban J connectivity index is 1.59. The summed E-state index contributed by atoms with van der Waals surface area (Å²) in [6.07, 6.45) is 4.94. The lowest BCUT2D eigenvalue weighted by Gasteiger charge is -2.22. The standard InChI is InChI=1S/C22H25N3O2/c1-27-15-14-24(17-19-8-4-2-5-9-19)22(26)13-12-20-16-23-25(18-20)21-10-6-3-7-11-21/h2-11,16,18H,12-15,17H2,1H3. The number of ether oxygens (including phenoxy) is 1. The molecular formula is C22H25N3O2. The Kier molecular flexibility index (Phi) is 6.77. The zero-order valence-corrected chi connectivity index (χ0v) is 15.6. The van der Waals surface area contributed by atoms with E-state index in [1.54, 1.807) is 7.11 Å². The van der Waals surface area contributed by atoms with Gasteiger partial charge < -0.3 is 9.64 Å². The van der Waals surface area contributed by atoms with Crippen LogP contribution in [-0.4, -0.2) is 40.8 Å². The quantitative estimate of drug-likeness (QED) is 0.585. The van der Waals surface area contributed by atoms with Crippen molar-refractivity contribution >= 4 is 5.91 Å². The predicted octanol–water partition coefficient (Wildman–Crippen LogP) is 3.48. The second-order valence-electron chi connectivity index (χ2n) is 6.42. The van der Waals surface area contributed by atoms with E-state index in [2.05, 4.69) is 5.10 Å². The zero-order chi connectivity index (χ0) is 18.9. The van der Waals surface area contributed by atoms with Gasteiger partial charge in [-0.2, -0.15) is 5.10 Å². The van der Waals surface area contributed by atoms with Gasteiger partial charge in [0.25, 0.3) is 0 Å². The second-order valence-corrected chi connectivity index (χ2v) is 6.42. The highest BCUT2D eigenvalue weighted by Crippen LogP contribution is 2.11. The monoisotopic (exact) mass is 363 g/mol. The fourth-order valence-electron chi connectivity index (χ4n) is 2.92. The first-order valence-electron chi connectivity index (χ1n) is 9.16. The number of methoxy groups -OCH3 is 1. The van der Waals surface area contributed by atoms with Gasteiger partial charge in [-0.05, 0) is 29.7 Å². The highest BCUT2D eigenvalue weighted by molar-refractivity contribution is 5.76. The lowest BCUT2D eigenvalue weighted by molar-refractivity contribution is -0.132. The Morgan fingerprint density at radius 2 is 1.74 bits per heavy atom. The van der Waals surface area contributed by atoms with Crippen LogP contribution in [0.3, 0.4) is 0 Å². The number of nitrogens with zero attached hydrogens (tertiary/aromatic N) is 3. The lowest BCUT2D eigenvalue weighted by Crippen LogP contribution is -2.33. The second kappa shape index (κ2) is 9.69. The predicted molar refractivity (Wildman–Crippen MR) is 106 cm³/mol. The molecule has 0 radical (unpaired) electrons. The Morgan fingerprint density at radius 1 is 1.04 bits per heavy atom. The van der Waals surface area contributed by atoms with Crippen LogP contribution in [0.25, 0.3) is 5.69 Å². The fraction of sp³-hybridized carbons (Fsp3) is 0.273. The molecule has 0 fully saturated rings. The van der Waals surface area contributed by atoms with Gasteiger partial charge in [0.15, 0.2) is 0 Å². The maximum absolute atomic E-state index is 12.7. The largest absolute Gasteiger partial charge is 0.383 e. The van der Waals surface area contributed by atoms with Crippen LogP contribution < -0.4 is 0 Å². The Hall–Kier alpha value is -2.92. The van der Waals surface area contributed by atoms with Gasteiger partial charge in [0.05, 0.1) is 18.5 Å². The number of amides is 1. The summed E-state index contributed by atoms with van der Waals surface area (Å²) in [6.45, 7) is 1.73. The van der Waals surface area contributed by atoms with Crippen molar-refractivity contribution in [3.8, 4) is 5.69 Å². The van der Waals surface area contributed by atoms with E-state index >= 15 is 0 Å². The van der Waals surface area contributed by atoms with Gasteiger partial charge in [-0.25, -0.2) is 4.68 Å². The van der Waals surface area contributed by atoms with Gasteiger partial charge in [0.1, 0.15) is 0 Å². The van der Waals surface area contributed by atoms with Crippen LogP contribution >= 0.6 is 0 Å². The number of rotatable bonds is 9. The molecule has 0 saturated heterocycles. The van der Waals surface area contributed by atoms with Crippen LogP contribution in [0.4, 0.5) is 0 Å². The molecule has 0 unspecified atom stereocenters. The van der Waals surface area contributed by atoms with Crippen molar-refractivity contribution in [1.82, 2.24) is 14.7 Å². The van der Waals surface area contributed by atoms with Crippen LogP contribution in [-0.2, 0) is 22.5 Å². The summed E-state index contributed by atoms with van der Waals surface area (Å²) in [6, 6.07) is 20.0. The molecule has 0 bridgehead atoms. The van der Waals surface area contributed by atoms with E-state index in [0.29, 0.717) is 32.5 Å². The molecule has 3 aromatic rings. The number of benzene rings is 2. The number of aryl methyl sites for hydroxylation is 1. The summed E-state index contributed by atoms with van der Waals surface area (Å²) in [5.74, 6) is 0.128. The van der Waals surface area contributed by atoms with Crippen molar-refractivity contribution in [3.05, 3.63) is 84.2 Å². The smallest absolute Gasteiger partial charge is 0.223 e. The number of carbonyl (C=O) groups excluding carboxylic acids is 1. The molecule has 0 aliphatic rings. The summed E-state index contributed by atoms with van der Waals surface area (Å²) in [5.41, 5.74) is 3.19. The molecule has 5 nitrogen and oxygen atoms in total. The molecule has 1 heterocycles. The van der Waals surface area contributed by atoms with E-state index in [4.69, 9.17) is 4.74 Å². The first-order valence-corrected chi connectivity index (χ1v) is 9.16. The van der Waals surface area contributed by atoms with Crippen LogP contribution in [0, 0.1) is 0 Å². The van der Waals surface area contributed by atoms with Crippen LogP contribution in [0.5, 0.6) is 0 Å². The molecule has 0 aliphatic carbocycles. The molecule has 3 rings (SSSR count). The van der Waals surface area contributed by atoms with E-state index in [1.165, 1.54) is 0 Å². The van der Waals surface area contributed by atoms with Gasteiger partial charge in [-0.1, -0.05) is 48.5 Å². The van der Waals surface area contributed by atoms with Gasteiger partial charge in [-0.15, -0.1) is 0 Å². The average molecular weight is 363 g/mol. The molecule has 0 spiro atoms. The minimum Gasteiger partial charge on any atom is -0.383 e. The van der Waals surface area contributed by atoms with E-state index in [1.807, 2.05) is 82.6 Å². The highest BCUT2D eigenvalue weighted by atomic mass is 16.5. The van der Waals surface area contributed by atoms with Crippen molar-refractivity contribution in [3.63, 3.8) is 0 Å². The van der Waals surface area contributed by atoms with E-state index in [9.17, 15) is 4.79 Å². The van der Waals surface area contributed by atoms with Crippen LogP contribution in [0.1, 0.15) is 17.5 Å². The SMILES string of the molecule is COCCN(Cc1ccccc1)C(=O)CCc1cnn(-c2ccccc2)c1. The van der Waals surface area contributed by atoms with E-state index < -0.39 is 0 Å². The van der Waals surface area contributed by atoms with Crippen LogP contribution in [0.15, 0.2) is 73.1 Å². The third-order valence-electron chi connectivity index (χ3n) is 4.42. The number of para-hydroxylation sites is 1. The van der Waals surface area contributed by atoms with Crippen molar-refractivity contribution < 1.29 is 9.53 Å². The maximum Gasteiger partial charge on any atom is 0.223 e. The highest BCUT2D eigenvalue weighted by Gasteiger charge is 2.14. The van der Waals surface area contributed by atoms with Gasteiger partial charge >= 0.3 is 0 Å². The minimum absolute atomic E-state index is 0.128. The Morgan fingerprint density at radius 3 is 2.44 bits per heavy atom. The van der Waals surface area contributed by atoms with Crippen molar-refractivity contribution in [1.29, 1.82) is 0 Å². The number of carbonyl (C=O) groups is 1. The van der Waals surface area contributed by atoms with E-state index in [-0.39, 0.29) is 5.91 Å². The summed E-state index contributed by atoms with van der Waals surface area (Å²) in [5, 5.41) is 4.40. The number of aromatic nitrogens is 2. The first-order chi connectivity index (χ1) is 13.3. The molecule has 0 saturated carbocycles. The molecule has 5 heteroatoms.